The largest absolute Gasteiger partial charge is 0.399 e. The number of nitrogen functional groups attached to an aromatic ring is 1. The number of nitrogens with one attached hydrogen (secondary N) is 2. The van der Waals surface area contributed by atoms with Crippen molar-refractivity contribution in [3.63, 3.8) is 0 Å². The molecule has 0 unspecified atom stereocenters. The van der Waals surface area contributed by atoms with Gasteiger partial charge in [-0.1, -0.05) is 18.2 Å². The average molecular weight is 275 g/mol. The van der Waals surface area contributed by atoms with Gasteiger partial charge in [-0.3, -0.25) is 4.79 Å². The van der Waals surface area contributed by atoms with Crippen LogP contribution in [0.25, 0.3) is 33.1 Å². The van der Waals surface area contributed by atoms with Gasteiger partial charge in [0.25, 0.3) is 5.56 Å². The van der Waals surface area contributed by atoms with Gasteiger partial charge in [-0.25, -0.2) is 0 Å². The van der Waals surface area contributed by atoms with E-state index in [1.807, 2.05) is 54.6 Å². The van der Waals surface area contributed by atoms with Gasteiger partial charge in [0.05, 0.1) is 11.3 Å². The first-order valence-electron chi connectivity index (χ1n) is 6.71. The minimum absolute atomic E-state index is 0.103. The van der Waals surface area contributed by atoms with Crippen LogP contribution in [0, 0.1) is 0 Å². The van der Waals surface area contributed by atoms with Crippen LogP contribution in [-0.4, -0.2) is 9.97 Å². The Morgan fingerprint density at radius 3 is 2.52 bits per heavy atom. The lowest BCUT2D eigenvalue weighted by atomic mass is 10.1. The molecule has 2 aromatic heterocycles. The standard InChI is InChI=1S/C17H13N3O/c18-12-5-6-15-11(7-12)9-16(19-15)13-8-10-3-1-2-4-14(10)20-17(13)21/h1-9,19H,18H2,(H,20,21). The van der Waals surface area contributed by atoms with Gasteiger partial charge < -0.3 is 15.7 Å². The van der Waals surface area contributed by atoms with Crippen molar-refractivity contribution in [3.8, 4) is 11.3 Å². The van der Waals surface area contributed by atoms with Gasteiger partial charge in [0, 0.05) is 22.1 Å². The molecule has 4 rings (SSSR count). The maximum atomic E-state index is 12.3. The zero-order chi connectivity index (χ0) is 14.4. The minimum Gasteiger partial charge on any atom is -0.399 e. The molecule has 4 aromatic rings. The number of hydrogen-bond donors (Lipinski definition) is 3. The zero-order valence-electron chi connectivity index (χ0n) is 11.2. The van der Waals surface area contributed by atoms with Crippen molar-refractivity contribution >= 4 is 27.5 Å². The van der Waals surface area contributed by atoms with E-state index in [-0.39, 0.29) is 5.56 Å². The molecule has 0 saturated heterocycles. The van der Waals surface area contributed by atoms with Crippen LogP contribution in [0.5, 0.6) is 0 Å². The number of H-pyrrole nitrogens is 2. The van der Waals surface area contributed by atoms with E-state index >= 15 is 0 Å². The zero-order valence-corrected chi connectivity index (χ0v) is 11.2. The molecule has 2 heterocycles. The molecule has 0 atom stereocenters. The number of benzene rings is 2. The maximum Gasteiger partial charge on any atom is 0.257 e. The third kappa shape index (κ3) is 1.89. The Labute approximate surface area is 120 Å². The molecule has 102 valence electrons. The molecule has 0 aliphatic heterocycles. The van der Waals surface area contributed by atoms with Gasteiger partial charge in [-0.15, -0.1) is 0 Å². The van der Waals surface area contributed by atoms with Crippen molar-refractivity contribution in [2.24, 2.45) is 0 Å². The van der Waals surface area contributed by atoms with Crippen LogP contribution in [0.4, 0.5) is 5.69 Å². The maximum absolute atomic E-state index is 12.3. The van der Waals surface area contributed by atoms with Crippen LogP contribution in [0.3, 0.4) is 0 Å². The molecule has 4 N–H and O–H groups in total. The highest BCUT2D eigenvalue weighted by atomic mass is 16.1. The number of aromatic nitrogens is 2. The highest BCUT2D eigenvalue weighted by Gasteiger charge is 2.08. The monoisotopic (exact) mass is 275 g/mol. The Hall–Kier alpha value is -3.01. The van der Waals surface area contributed by atoms with Gasteiger partial charge in [-0.2, -0.15) is 0 Å². The SMILES string of the molecule is Nc1ccc2[nH]c(-c3cc4ccccc4[nH]c3=O)cc2c1. The lowest BCUT2D eigenvalue weighted by Gasteiger charge is -2.01. The highest BCUT2D eigenvalue weighted by Crippen LogP contribution is 2.25. The highest BCUT2D eigenvalue weighted by molar-refractivity contribution is 5.90. The minimum atomic E-state index is -0.103. The summed E-state index contributed by atoms with van der Waals surface area (Å²) in [4.78, 5) is 18.5. The lowest BCUT2D eigenvalue weighted by molar-refractivity contribution is 1.29. The molecule has 4 heteroatoms. The van der Waals surface area contributed by atoms with E-state index in [0.717, 1.165) is 27.5 Å². The first-order valence-corrected chi connectivity index (χ1v) is 6.71. The van der Waals surface area contributed by atoms with E-state index in [4.69, 9.17) is 5.73 Å². The Morgan fingerprint density at radius 2 is 1.62 bits per heavy atom. The van der Waals surface area contributed by atoms with Crippen LogP contribution in [-0.2, 0) is 0 Å². The number of pyridine rings is 1. The van der Waals surface area contributed by atoms with Crippen LogP contribution < -0.4 is 11.3 Å². The van der Waals surface area contributed by atoms with Crippen LogP contribution >= 0.6 is 0 Å². The van der Waals surface area contributed by atoms with Crippen molar-refractivity contribution in [2.45, 2.75) is 0 Å². The summed E-state index contributed by atoms with van der Waals surface area (Å²) < 4.78 is 0. The van der Waals surface area contributed by atoms with Crippen molar-refractivity contribution in [3.05, 3.63) is 65.0 Å². The van der Waals surface area contributed by atoms with E-state index in [1.54, 1.807) is 0 Å². The molecule has 0 spiro atoms. The molecular formula is C17H13N3O. The number of anilines is 1. The predicted molar refractivity (Wildman–Crippen MR) is 86.3 cm³/mol. The molecule has 0 amide bonds. The number of fused-ring (bicyclic) bond motifs is 2. The fraction of sp³-hybridized carbons (Fsp3) is 0. The average Bonchev–Trinajstić information content (AvgIpc) is 2.89. The van der Waals surface area contributed by atoms with Crippen molar-refractivity contribution in [2.75, 3.05) is 5.73 Å². The fourth-order valence-corrected chi connectivity index (χ4v) is 2.64. The second-order valence-electron chi connectivity index (χ2n) is 5.13. The first-order chi connectivity index (χ1) is 10.2. The Balaban J connectivity index is 1.99. The number of nitrogens with two attached hydrogens (primary N) is 1. The van der Waals surface area contributed by atoms with E-state index in [1.165, 1.54) is 0 Å². The van der Waals surface area contributed by atoms with Gasteiger partial charge in [0.2, 0.25) is 0 Å². The molecule has 21 heavy (non-hydrogen) atoms. The summed E-state index contributed by atoms with van der Waals surface area (Å²) >= 11 is 0. The van der Waals surface area contributed by atoms with Crippen LogP contribution in [0.15, 0.2) is 59.4 Å². The lowest BCUT2D eigenvalue weighted by Crippen LogP contribution is -2.08. The summed E-state index contributed by atoms with van der Waals surface area (Å²) in [6.45, 7) is 0. The quantitative estimate of drug-likeness (QED) is 0.466. The van der Waals surface area contributed by atoms with Crippen LogP contribution in [0.2, 0.25) is 0 Å². The predicted octanol–water partition coefficient (Wildman–Crippen LogP) is 3.26. The topological polar surface area (TPSA) is 74.7 Å². The number of rotatable bonds is 1. The van der Waals surface area contributed by atoms with Gasteiger partial charge in [-0.05, 0) is 41.8 Å². The van der Waals surface area contributed by atoms with Crippen molar-refractivity contribution < 1.29 is 0 Å². The molecule has 0 saturated carbocycles. The van der Waals surface area contributed by atoms with Crippen LogP contribution in [0.1, 0.15) is 0 Å². The van der Waals surface area contributed by atoms with Crippen molar-refractivity contribution in [1.82, 2.24) is 9.97 Å². The molecule has 0 bridgehead atoms. The summed E-state index contributed by atoms with van der Waals surface area (Å²) in [6.07, 6.45) is 0. The van der Waals surface area contributed by atoms with E-state index in [2.05, 4.69) is 9.97 Å². The summed E-state index contributed by atoms with van der Waals surface area (Å²) in [5, 5.41) is 2.00. The Bertz CT molecular complexity index is 1030. The third-order valence-corrected chi connectivity index (χ3v) is 3.69. The summed E-state index contributed by atoms with van der Waals surface area (Å²) in [6, 6.07) is 17.2. The third-order valence-electron chi connectivity index (χ3n) is 3.69. The fourth-order valence-electron chi connectivity index (χ4n) is 2.64. The smallest absolute Gasteiger partial charge is 0.257 e. The van der Waals surface area contributed by atoms with E-state index in [9.17, 15) is 4.79 Å². The molecule has 4 nitrogen and oxygen atoms in total. The second kappa shape index (κ2) is 4.24. The molecule has 0 aliphatic carbocycles. The number of para-hydroxylation sites is 1. The van der Waals surface area contributed by atoms with E-state index in [0.29, 0.717) is 11.3 Å². The number of hydrogen-bond acceptors (Lipinski definition) is 2. The first kappa shape index (κ1) is 11.8. The normalized spacial score (nSPS) is 11.2. The summed E-state index contributed by atoms with van der Waals surface area (Å²) in [5.74, 6) is 0. The molecule has 2 aromatic carbocycles. The summed E-state index contributed by atoms with van der Waals surface area (Å²) in [7, 11) is 0. The molecular weight excluding hydrogens is 262 g/mol. The van der Waals surface area contributed by atoms with E-state index < -0.39 is 0 Å². The van der Waals surface area contributed by atoms with Gasteiger partial charge >= 0.3 is 0 Å². The molecule has 0 fully saturated rings. The Kier molecular flexibility index (Phi) is 2.38. The molecule has 0 aliphatic rings. The summed E-state index contributed by atoms with van der Waals surface area (Å²) in [5.41, 5.74) is 9.63. The number of aromatic amines is 2. The van der Waals surface area contributed by atoms with Crippen molar-refractivity contribution in [1.29, 1.82) is 0 Å². The Morgan fingerprint density at radius 1 is 0.810 bits per heavy atom. The van der Waals surface area contributed by atoms with Gasteiger partial charge in [0.1, 0.15) is 0 Å². The van der Waals surface area contributed by atoms with Gasteiger partial charge in [0.15, 0.2) is 0 Å². The second-order valence-corrected chi connectivity index (χ2v) is 5.13. The molecule has 0 radical (unpaired) electrons.